The van der Waals surface area contributed by atoms with Crippen LogP contribution in [0.3, 0.4) is 0 Å². The van der Waals surface area contributed by atoms with Gasteiger partial charge < -0.3 is 15.0 Å². The molecule has 0 radical (unpaired) electrons. The van der Waals surface area contributed by atoms with Crippen molar-refractivity contribution in [3.8, 4) is 5.75 Å². The van der Waals surface area contributed by atoms with Crippen LogP contribution in [0.4, 0.5) is 5.69 Å². The summed E-state index contributed by atoms with van der Waals surface area (Å²) in [6.07, 6.45) is 2.22. The van der Waals surface area contributed by atoms with Crippen LogP contribution in [0.25, 0.3) is 0 Å². The molecule has 2 aromatic rings. The summed E-state index contributed by atoms with van der Waals surface area (Å²) < 4.78 is 32.0. The monoisotopic (exact) mass is 445 g/mol. The van der Waals surface area contributed by atoms with Gasteiger partial charge in [-0.25, -0.2) is 12.7 Å². The first-order chi connectivity index (χ1) is 14.7. The molecule has 1 aliphatic heterocycles. The van der Waals surface area contributed by atoms with Crippen LogP contribution in [0.15, 0.2) is 47.4 Å². The van der Waals surface area contributed by atoms with E-state index in [-0.39, 0.29) is 16.9 Å². The second-order valence-corrected chi connectivity index (χ2v) is 10.3. The molecule has 2 aromatic carbocycles. The number of carbonyl (C=O) groups is 1. The van der Waals surface area contributed by atoms with E-state index in [4.69, 9.17) is 4.74 Å². The molecule has 0 saturated carbocycles. The molecule has 0 aliphatic carbocycles. The first-order valence-corrected chi connectivity index (χ1v) is 12.0. The molecule has 0 atom stereocenters. The summed E-state index contributed by atoms with van der Waals surface area (Å²) >= 11 is 0. The summed E-state index contributed by atoms with van der Waals surface area (Å²) in [5.74, 6) is 0.489. The van der Waals surface area contributed by atoms with Gasteiger partial charge in [-0.1, -0.05) is 12.1 Å². The number of anilines is 1. The van der Waals surface area contributed by atoms with Gasteiger partial charge in [-0.15, -0.1) is 0 Å². The number of rotatable bonds is 8. The Morgan fingerprint density at radius 1 is 1.10 bits per heavy atom. The average molecular weight is 446 g/mol. The third-order valence-corrected chi connectivity index (χ3v) is 7.00. The molecular weight excluding hydrogens is 414 g/mol. The van der Waals surface area contributed by atoms with Crippen molar-refractivity contribution in [2.75, 3.05) is 32.1 Å². The molecule has 1 saturated heterocycles. The van der Waals surface area contributed by atoms with Gasteiger partial charge in [0.25, 0.3) is 5.91 Å². The van der Waals surface area contributed by atoms with E-state index < -0.39 is 10.0 Å². The topological polar surface area (TPSA) is 78.9 Å². The van der Waals surface area contributed by atoms with E-state index in [1.807, 2.05) is 38.1 Å². The number of nitrogens with zero attached hydrogens (tertiary/aromatic N) is 2. The quantitative estimate of drug-likeness (QED) is 0.675. The number of nitrogens with one attached hydrogen (secondary N) is 1. The highest BCUT2D eigenvalue weighted by atomic mass is 32.2. The number of sulfonamides is 1. The predicted octanol–water partition coefficient (Wildman–Crippen LogP) is 3.25. The lowest BCUT2D eigenvalue weighted by atomic mass is 10.1. The Balaban J connectivity index is 1.82. The summed E-state index contributed by atoms with van der Waals surface area (Å²) in [4.78, 5) is 15.3. The summed E-state index contributed by atoms with van der Waals surface area (Å²) in [5.41, 5.74) is 2.09. The van der Waals surface area contributed by atoms with Crippen molar-refractivity contribution in [1.82, 2.24) is 9.62 Å². The van der Waals surface area contributed by atoms with Crippen LogP contribution in [0.1, 0.15) is 42.6 Å². The molecule has 1 heterocycles. The second kappa shape index (κ2) is 9.70. The zero-order chi connectivity index (χ0) is 22.6. The van der Waals surface area contributed by atoms with Crippen LogP contribution in [0.2, 0.25) is 0 Å². The Labute approximate surface area is 185 Å². The minimum Gasteiger partial charge on any atom is -0.491 e. The van der Waals surface area contributed by atoms with Gasteiger partial charge >= 0.3 is 0 Å². The molecule has 0 unspecified atom stereocenters. The fourth-order valence-electron chi connectivity index (χ4n) is 3.54. The van der Waals surface area contributed by atoms with E-state index in [0.717, 1.165) is 47.2 Å². The largest absolute Gasteiger partial charge is 0.491 e. The zero-order valence-electron chi connectivity index (χ0n) is 18.6. The van der Waals surface area contributed by atoms with Crippen molar-refractivity contribution in [1.29, 1.82) is 0 Å². The van der Waals surface area contributed by atoms with Crippen molar-refractivity contribution in [2.45, 2.75) is 44.2 Å². The molecule has 1 aliphatic rings. The van der Waals surface area contributed by atoms with Gasteiger partial charge in [-0.2, -0.15) is 0 Å². The number of amides is 1. The van der Waals surface area contributed by atoms with Gasteiger partial charge in [-0.05, 0) is 62.6 Å². The van der Waals surface area contributed by atoms with Crippen LogP contribution in [-0.2, 0) is 16.6 Å². The van der Waals surface area contributed by atoms with E-state index in [2.05, 4.69) is 10.2 Å². The Bertz CT molecular complexity index is 1010. The first-order valence-electron chi connectivity index (χ1n) is 10.5. The molecular formula is C23H31N3O4S. The predicted molar refractivity (Wildman–Crippen MR) is 122 cm³/mol. The highest BCUT2D eigenvalue weighted by Gasteiger charge is 2.24. The zero-order valence-corrected chi connectivity index (χ0v) is 19.4. The lowest BCUT2D eigenvalue weighted by molar-refractivity contribution is 0.0951. The van der Waals surface area contributed by atoms with Crippen molar-refractivity contribution < 1.29 is 17.9 Å². The van der Waals surface area contributed by atoms with Gasteiger partial charge in [0.05, 0.1) is 16.6 Å². The van der Waals surface area contributed by atoms with Gasteiger partial charge in [0.2, 0.25) is 10.0 Å². The summed E-state index contributed by atoms with van der Waals surface area (Å²) in [6, 6.07) is 12.4. The van der Waals surface area contributed by atoms with Crippen LogP contribution in [0, 0.1) is 0 Å². The van der Waals surface area contributed by atoms with Crippen molar-refractivity contribution in [2.24, 2.45) is 0 Å². The van der Waals surface area contributed by atoms with E-state index in [9.17, 15) is 13.2 Å². The van der Waals surface area contributed by atoms with Crippen molar-refractivity contribution in [3.63, 3.8) is 0 Å². The van der Waals surface area contributed by atoms with Crippen LogP contribution in [0.5, 0.6) is 5.75 Å². The normalized spacial score (nSPS) is 14.3. The lowest BCUT2D eigenvalue weighted by Crippen LogP contribution is -2.28. The molecule has 31 heavy (non-hydrogen) atoms. The maximum Gasteiger partial charge on any atom is 0.253 e. The van der Waals surface area contributed by atoms with Crippen LogP contribution in [-0.4, -0.2) is 51.9 Å². The van der Waals surface area contributed by atoms with E-state index >= 15 is 0 Å². The standard InChI is InChI=1S/C23H31N3O4S/c1-17(2)30-19-9-7-18(8-10-19)16-24-23(27)21-15-20(31(28,29)25(3)4)11-12-22(21)26-13-5-6-14-26/h7-12,15,17H,5-6,13-14,16H2,1-4H3,(H,24,27). The number of benzene rings is 2. The molecule has 3 rings (SSSR count). The van der Waals surface area contributed by atoms with E-state index in [0.29, 0.717) is 12.1 Å². The minimum absolute atomic E-state index is 0.0975. The molecule has 8 heteroatoms. The third-order valence-electron chi connectivity index (χ3n) is 5.19. The Hall–Kier alpha value is -2.58. The van der Waals surface area contributed by atoms with Gasteiger partial charge in [0.1, 0.15) is 5.75 Å². The van der Waals surface area contributed by atoms with Crippen LogP contribution >= 0.6 is 0 Å². The number of hydrogen-bond acceptors (Lipinski definition) is 5. The maximum absolute atomic E-state index is 13.1. The Morgan fingerprint density at radius 3 is 2.32 bits per heavy atom. The summed E-state index contributed by atoms with van der Waals surface area (Å²) in [6.45, 7) is 5.99. The third kappa shape index (κ3) is 5.57. The van der Waals surface area contributed by atoms with Gasteiger partial charge in [-0.3, -0.25) is 4.79 Å². The molecule has 1 N–H and O–H groups in total. The van der Waals surface area contributed by atoms with Crippen molar-refractivity contribution >= 4 is 21.6 Å². The molecule has 0 spiro atoms. The number of ether oxygens (including phenoxy) is 1. The number of hydrogen-bond donors (Lipinski definition) is 1. The van der Waals surface area contributed by atoms with E-state index in [1.54, 1.807) is 12.1 Å². The fraction of sp³-hybridized carbons (Fsp3) is 0.435. The lowest BCUT2D eigenvalue weighted by Gasteiger charge is -2.22. The summed E-state index contributed by atoms with van der Waals surface area (Å²) in [5, 5.41) is 2.93. The highest BCUT2D eigenvalue weighted by molar-refractivity contribution is 7.89. The molecule has 7 nitrogen and oxygen atoms in total. The molecule has 0 aromatic heterocycles. The van der Waals surface area contributed by atoms with Gasteiger partial charge in [0, 0.05) is 39.4 Å². The fourth-order valence-corrected chi connectivity index (χ4v) is 4.47. The maximum atomic E-state index is 13.1. The average Bonchev–Trinajstić information content (AvgIpc) is 3.26. The minimum atomic E-state index is -3.63. The molecule has 0 bridgehead atoms. The second-order valence-electron chi connectivity index (χ2n) is 8.15. The first kappa shape index (κ1) is 23.1. The molecule has 1 amide bonds. The van der Waals surface area contributed by atoms with E-state index in [1.165, 1.54) is 20.2 Å². The Morgan fingerprint density at radius 2 is 1.74 bits per heavy atom. The number of carbonyl (C=O) groups excluding carboxylic acids is 1. The Kier molecular flexibility index (Phi) is 7.23. The summed E-state index contributed by atoms with van der Waals surface area (Å²) in [7, 11) is -0.670. The smallest absolute Gasteiger partial charge is 0.253 e. The van der Waals surface area contributed by atoms with Crippen molar-refractivity contribution in [3.05, 3.63) is 53.6 Å². The molecule has 1 fully saturated rings. The molecule has 168 valence electrons. The SMILES string of the molecule is CC(C)Oc1ccc(CNC(=O)c2cc(S(=O)(=O)N(C)C)ccc2N2CCCC2)cc1. The highest BCUT2D eigenvalue weighted by Crippen LogP contribution is 2.28. The van der Waals surface area contributed by atoms with Crippen LogP contribution < -0.4 is 15.0 Å². The van der Waals surface area contributed by atoms with Gasteiger partial charge in [0.15, 0.2) is 0 Å².